The molecule has 1 saturated heterocycles. The lowest BCUT2D eigenvalue weighted by Crippen LogP contribution is -2.53. The normalized spacial score (nSPS) is 27.8. The number of hydrogen-bond acceptors (Lipinski definition) is 2. The second-order valence-corrected chi connectivity index (χ2v) is 4.37. The zero-order chi connectivity index (χ0) is 10.1. The average Bonchev–Trinajstić information content (AvgIpc) is 2.92. The number of nitrogens with zero attached hydrogens (tertiary/aromatic N) is 1. The molecule has 0 spiro atoms. The molecule has 1 aliphatic heterocycles. The molecule has 14 heavy (non-hydrogen) atoms. The van der Waals surface area contributed by atoms with E-state index in [1.165, 1.54) is 12.8 Å². The van der Waals surface area contributed by atoms with Crippen LogP contribution in [0, 0.1) is 11.8 Å². The Kier molecular flexibility index (Phi) is 2.44. The van der Waals surface area contributed by atoms with Crippen molar-refractivity contribution in [3.05, 3.63) is 0 Å². The van der Waals surface area contributed by atoms with Gasteiger partial charge < -0.3 is 4.90 Å². The lowest BCUT2D eigenvalue weighted by atomic mass is 10.1. The predicted octanol–water partition coefficient (Wildman–Crippen LogP) is 0.974. The topological polar surface area (TPSA) is 49.4 Å². The first-order valence-corrected chi connectivity index (χ1v) is 5.26. The molecule has 1 unspecified atom stereocenters. The van der Waals surface area contributed by atoms with Gasteiger partial charge in [0.15, 0.2) is 0 Å². The van der Waals surface area contributed by atoms with E-state index in [2.05, 4.69) is 5.32 Å². The van der Waals surface area contributed by atoms with E-state index in [1.807, 2.05) is 6.92 Å². The lowest BCUT2D eigenvalue weighted by molar-refractivity contribution is -0.125. The van der Waals surface area contributed by atoms with Crippen LogP contribution in [0.2, 0.25) is 0 Å². The second kappa shape index (κ2) is 3.59. The Morgan fingerprint density at radius 2 is 2.14 bits per heavy atom. The molecule has 3 amide bonds. The Morgan fingerprint density at radius 3 is 2.79 bits per heavy atom. The van der Waals surface area contributed by atoms with Crippen LogP contribution >= 0.6 is 0 Å². The molecule has 1 saturated carbocycles. The number of carbonyl (C=O) groups excluding carboxylic acids is 2. The Labute approximate surface area is 83.6 Å². The molecule has 0 aromatic heterocycles. The Bertz CT molecular complexity index is 261. The number of nitrogens with one attached hydrogen (secondary N) is 1. The van der Waals surface area contributed by atoms with Gasteiger partial charge in [-0.1, -0.05) is 19.8 Å². The maximum atomic E-state index is 11.4. The summed E-state index contributed by atoms with van der Waals surface area (Å²) in [5.41, 5.74) is 0. The largest absolute Gasteiger partial charge is 0.324 e. The van der Waals surface area contributed by atoms with E-state index in [1.54, 1.807) is 4.90 Å². The average molecular weight is 196 g/mol. The van der Waals surface area contributed by atoms with Crippen LogP contribution in [0.4, 0.5) is 4.79 Å². The van der Waals surface area contributed by atoms with Crippen LogP contribution in [0.3, 0.4) is 0 Å². The highest BCUT2D eigenvalue weighted by atomic mass is 16.2. The van der Waals surface area contributed by atoms with Gasteiger partial charge in [-0.05, 0) is 12.3 Å². The highest BCUT2D eigenvalue weighted by Crippen LogP contribution is 2.32. The van der Waals surface area contributed by atoms with Crippen LogP contribution in [-0.4, -0.2) is 29.9 Å². The minimum Gasteiger partial charge on any atom is -0.324 e. The Balaban J connectivity index is 1.83. The molecule has 2 aliphatic rings. The summed E-state index contributed by atoms with van der Waals surface area (Å²) >= 11 is 0. The number of rotatable bonds is 3. The number of hydrogen-bond donors (Lipinski definition) is 1. The van der Waals surface area contributed by atoms with Crippen molar-refractivity contribution in [3.63, 3.8) is 0 Å². The third-order valence-corrected chi connectivity index (χ3v) is 2.96. The zero-order valence-electron chi connectivity index (χ0n) is 8.45. The molecule has 78 valence electrons. The molecule has 4 nitrogen and oxygen atoms in total. The van der Waals surface area contributed by atoms with Crippen molar-refractivity contribution in [2.24, 2.45) is 11.8 Å². The van der Waals surface area contributed by atoms with Crippen LogP contribution in [0.25, 0.3) is 0 Å². The quantitative estimate of drug-likeness (QED) is 0.731. The van der Waals surface area contributed by atoms with Crippen molar-refractivity contribution in [1.82, 2.24) is 10.2 Å². The Hall–Kier alpha value is -1.06. The van der Waals surface area contributed by atoms with Crippen molar-refractivity contribution in [3.8, 4) is 0 Å². The van der Waals surface area contributed by atoms with Gasteiger partial charge in [-0.15, -0.1) is 0 Å². The lowest BCUT2D eigenvalue weighted by Gasteiger charge is -2.30. The second-order valence-electron chi connectivity index (χ2n) is 4.37. The molecule has 0 bridgehead atoms. The minimum absolute atomic E-state index is 0.0631. The molecular formula is C10H16N2O2. The molecule has 4 heteroatoms. The fourth-order valence-corrected chi connectivity index (χ4v) is 1.74. The highest BCUT2D eigenvalue weighted by Gasteiger charge is 2.30. The van der Waals surface area contributed by atoms with E-state index < -0.39 is 0 Å². The molecule has 0 aromatic rings. The van der Waals surface area contributed by atoms with Crippen molar-refractivity contribution in [2.75, 3.05) is 13.1 Å². The van der Waals surface area contributed by atoms with Crippen molar-refractivity contribution in [2.45, 2.75) is 26.2 Å². The predicted molar refractivity (Wildman–Crippen MR) is 51.6 cm³/mol. The smallest absolute Gasteiger partial charge is 0.324 e. The van der Waals surface area contributed by atoms with Gasteiger partial charge in [-0.2, -0.15) is 0 Å². The van der Waals surface area contributed by atoms with Crippen molar-refractivity contribution < 1.29 is 9.59 Å². The summed E-state index contributed by atoms with van der Waals surface area (Å²) < 4.78 is 0. The number of imide groups is 1. The minimum atomic E-state index is -0.214. The summed E-state index contributed by atoms with van der Waals surface area (Å²) in [6.07, 6.45) is 3.71. The van der Waals surface area contributed by atoms with Crippen molar-refractivity contribution >= 4 is 11.9 Å². The van der Waals surface area contributed by atoms with Crippen LogP contribution in [0.1, 0.15) is 26.2 Å². The monoisotopic (exact) mass is 196 g/mol. The molecule has 1 N–H and O–H groups in total. The van der Waals surface area contributed by atoms with Gasteiger partial charge in [-0.3, -0.25) is 10.1 Å². The van der Waals surface area contributed by atoms with Crippen LogP contribution < -0.4 is 5.32 Å². The molecule has 1 aliphatic carbocycles. The van der Waals surface area contributed by atoms with E-state index in [0.29, 0.717) is 6.54 Å². The maximum absolute atomic E-state index is 11.4. The number of amides is 3. The van der Waals surface area contributed by atoms with Gasteiger partial charge in [0.1, 0.15) is 0 Å². The third-order valence-electron chi connectivity index (χ3n) is 2.96. The van der Waals surface area contributed by atoms with E-state index in [9.17, 15) is 9.59 Å². The van der Waals surface area contributed by atoms with Gasteiger partial charge in [0.2, 0.25) is 5.91 Å². The summed E-state index contributed by atoms with van der Waals surface area (Å²) in [6, 6.07) is -0.214. The molecule has 1 atom stereocenters. The molecular weight excluding hydrogens is 180 g/mol. The fraction of sp³-hybridized carbons (Fsp3) is 0.800. The third kappa shape index (κ3) is 2.05. The fourth-order valence-electron chi connectivity index (χ4n) is 1.74. The van der Waals surface area contributed by atoms with E-state index in [-0.39, 0.29) is 17.9 Å². The van der Waals surface area contributed by atoms with Gasteiger partial charge in [0, 0.05) is 13.1 Å². The molecule has 0 radical (unpaired) electrons. The summed E-state index contributed by atoms with van der Waals surface area (Å²) in [5.74, 6) is 0.625. The molecule has 2 rings (SSSR count). The summed E-state index contributed by atoms with van der Waals surface area (Å²) in [5, 5.41) is 2.37. The summed E-state index contributed by atoms with van der Waals surface area (Å²) in [4.78, 5) is 24.3. The zero-order valence-corrected chi connectivity index (χ0v) is 8.45. The highest BCUT2D eigenvalue weighted by molar-refractivity contribution is 5.97. The Morgan fingerprint density at radius 1 is 1.43 bits per heavy atom. The number of urea groups is 1. The molecule has 1 heterocycles. The van der Waals surface area contributed by atoms with E-state index in [0.717, 1.165) is 18.9 Å². The van der Waals surface area contributed by atoms with E-state index >= 15 is 0 Å². The van der Waals surface area contributed by atoms with E-state index in [4.69, 9.17) is 0 Å². The van der Waals surface area contributed by atoms with Gasteiger partial charge in [0.25, 0.3) is 0 Å². The molecule has 2 fully saturated rings. The first-order chi connectivity index (χ1) is 6.66. The number of carbonyl (C=O) groups is 2. The maximum Gasteiger partial charge on any atom is 0.324 e. The van der Waals surface area contributed by atoms with Gasteiger partial charge >= 0.3 is 6.03 Å². The standard InChI is InChI=1S/C10H16N2O2/c1-7-6-12(5-4-8-2-3-8)10(14)11-9(7)13/h7-8H,2-6H2,1H3,(H,11,13,14). The first kappa shape index (κ1) is 9.49. The van der Waals surface area contributed by atoms with Crippen LogP contribution in [0.15, 0.2) is 0 Å². The first-order valence-electron chi connectivity index (χ1n) is 5.26. The van der Waals surface area contributed by atoms with Crippen LogP contribution in [-0.2, 0) is 4.79 Å². The van der Waals surface area contributed by atoms with Gasteiger partial charge in [-0.25, -0.2) is 4.79 Å². The molecule has 0 aromatic carbocycles. The van der Waals surface area contributed by atoms with Crippen molar-refractivity contribution in [1.29, 1.82) is 0 Å². The van der Waals surface area contributed by atoms with Crippen LogP contribution in [0.5, 0.6) is 0 Å². The SMILES string of the molecule is CC1CN(CCC2CC2)C(=O)NC1=O. The van der Waals surface area contributed by atoms with Gasteiger partial charge in [0.05, 0.1) is 5.92 Å². The summed E-state index contributed by atoms with van der Waals surface area (Å²) in [7, 11) is 0. The summed E-state index contributed by atoms with van der Waals surface area (Å²) in [6.45, 7) is 3.23.